The Morgan fingerprint density at radius 1 is 1.02 bits per heavy atom. The number of aliphatic hydroxyl groups is 1. The van der Waals surface area contributed by atoms with Crippen LogP contribution in [0.15, 0.2) is 54.0 Å². The fourth-order valence-electron chi connectivity index (χ4n) is 7.45. The van der Waals surface area contributed by atoms with Crippen molar-refractivity contribution in [2.24, 2.45) is 5.92 Å². The van der Waals surface area contributed by atoms with E-state index in [1.807, 2.05) is 6.92 Å². The number of carbonyl (C=O) groups is 3. The zero-order valence-electron chi connectivity index (χ0n) is 30.1. The number of halogens is 6. The van der Waals surface area contributed by atoms with Crippen LogP contribution in [-0.2, 0) is 27.5 Å². The summed E-state index contributed by atoms with van der Waals surface area (Å²) in [5, 5.41) is 13.0. The maximum absolute atomic E-state index is 14.9. The molecule has 0 bridgehead atoms. The summed E-state index contributed by atoms with van der Waals surface area (Å²) < 4.78 is 95.5. The van der Waals surface area contributed by atoms with Gasteiger partial charge >= 0.3 is 12.4 Å². The van der Waals surface area contributed by atoms with Gasteiger partial charge in [-0.05, 0) is 56.7 Å². The molecule has 4 heterocycles. The predicted octanol–water partition coefficient (Wildman–Crippen LogP) is 7.91. The van der Waals surface area contributed by atoms with Gasteiger partial charge in [-0.2, -0.15) is 26.3 Å². The number of benzene rings is 1. The van der Waals surface area contributed by atoms with Crippen LogP contribution in [0.3, 0.4) is 0 Å². The number of ether oxygens (including phenoxy) is 2. The van der Waals surface area contributed by atoms with Crippen LogP contribution in [0, 0.1) is 5.92 Å². The van der Waals surface area contributed by atoms with Crippen molar-refractivity contribution in [3.8, 4) is 11.5 Å². The number of Topliss-reactive ketones (excluding diaryl/α,β-unsaturated/α-hetero) is 1. The zero-order valence-corrected chi connectivity index (χ0v) is 31.0. The fourth-order valence-corrected chi connectivity index (χ4v) is 8.13. The number of likely N-dealkylation sites (tertiary alicyclic amines) is 2. The molecule has 2 aliphatic rings. The maximum Gasteiger partial charge on any atom is 0.425 e. The second-order valence-electron chi connectivity index (χ2n) is 14.1. The summed E-state index contributed by atoms with van der Waals surface area (Å²) in [5.74, 6) is -1.63. The molecule has 2 fully saturated rings. The number of ketones is 1. The Kier molecular flexibility index (Phi) is 12.4. The first-order valence-corrected chi connectivity index (χ1v) is 18.7. The Morgan fingerprint density at radius 3 is 2.35 bits per heavy atom. The number of thiophene rings is 1. The molecule has 54 heavy (non-hydrogen) atoms. The third-order valence-electron chi connectivity index (χ3n) is 9.94. The SMILES string of the molecule is CCC[C@H]1N(C(=O)c2ncccc2C(F)(F)F)CCC[C@@]1(Oc1csc(C(F)(F)F)c1)C(=O)N1CCC(O)(c2ccccc2OC[C@@H](C)CC(C)=O)CC1. The first-order chi connectivity index (χ1) is 25.4. The molecular weight excluding hydrogens is 740 g/mol. The Labute approximate surface area is 313 Å². The van der Waals surface area contributed by atoms with Crippen molar-refractivity contribution in [3.63, 3.8) is 0 Å². The lowest BCUT2D eigenvalue weighted by atomic mass is 9.78. The summed E-state index contributed by atoms with van der Waals surface area (Å²) in [7, 11) is 0. The van der Waals surface area contributed by atoms with Gasteiger partial charge in [0, 0.05) is 55.7 Å². The normalized spacial score (nSPS) is 21.0. The highest BCUT2D eigenvalue weighted by atomic mass is 32.1. The second-order valence-corrected chi connectivity index (χ2v) is 15.0. The van der Waals surface area contributed by atoms with E-state index in [2.05, 4.69) is 4.98 Å². The number of rotatable bonds is 12. The molecule has 0 saturated carbocycles. The van der Waals surface area contributed by atoms with E-state index in [0.717, 1.165) is 34.7 Å². The third-order valence-corrected chi connectivity index (χ3v) is 10.9. The standard InChI is InChI=1S/C38H43F6N3O6S/c1-4-9-30-36(53-26-21-31(54-23-26)38(42,43)44,13-8-17-47(30)33(49)32-28(37(39,40)41)11-7-16-45-32)34(50)46-18-14-35(51,15-19-46)27-10-5-6-12-29(27)52-22-24(2)20-25(3)48/h5-7,10-12,16,21,23-24,30,51H,4,8-9,13-15,17-20,22H2,1-3H3/t24-,30+,36-/m0/s1. The summed E-state index contributed by atoms with van der Waals surface area (Å²) >= 11 is 0.369. The minimum atomic E-state index is -4.91. The summed E-state index contributed by atoms with van der Waals surface area (Å²) in [4.78, 5) is 45.9. The molecule has 0 unspecified atom stereocenters. The Bertz CT molecular complexity index is 1810. The lowest BCUT2D eigenvalue weighted by Crippen LogP contribution is -2.68. The van der Waals surface area contributed by atoms with E-state index in [-0.39, 0.29) is 75.8 Å². The van der Waals surface area contributed by atoms with E-state index in [4.69, 9.17) is 9.47 Å². The van der Waals surface area contributed by atoms with E-state index in [0.29, 0.717) is 35.5 Å². The van der Waals surface area contributed by atoms with Gasteiger partial charge in [0.25, 0.3) is 11.8 Å². The van der Waals surface area contributed by atoms with E-state index in [1.165, 1.54) is 11.8 Å². The molecule has 1 aromatic carbocycles. The first kappa shape index (κ1) is 41.0. The average molecular weight is 784 g/mol. The molecule has 5 rings (SSSR count). The number of piperidine rings is 2. The summed E-state index contributed by atoms with van der Waals surface area (Å²) in [6, 6.07) is 8.30. The minimum absolute atomic E-state index is 0.0157. The van der Waals surface area contributed by atoms with Crippen molar-refractivity contribution in [1.82, 2.24) is 14.8 Å². The number of nitrogens with zero attached hydrogens (tertiary/aromatic N) is 3. The zero-order chi connectivity index (χ0) is 39.5. The van der Waals surface area contributed by atoms with Crippen LogP contribution in [0.2, 0.25) is 0 Å². The fraction of sp³-hybridized carbons (Fsp3) is 0.526. The van der Waals surface area contributed by atoms with Crippen molar-refractivity contribution < 1.29 is 55.3 Å². The van der Waals surface area contributed by atoms with Gasteiger partial charge in [-0.15, -0.1) is 11.3 Å². The Balaban J connectivity index is 1.48. The van der Waals surface area contributed by atoms with Crippen LogP contribution in [0.1, 0.15) is 92.2 Å². The highest BCUT2D eigenvalue weighted by molar-refractivity contribution is 7.10. The van der Waals surface area contributed by atoms with Crippen LogP contribution in [0.5, 0.6) is 11.5 Å². The largest absolute Gasteiger partial charge is 0.493 e. The number of para-hydroxylation sites is 1. The number of aromatic nitrogens is 1. The number of alkyl halides is 6. The molecule has 0 aliphatic carbocycles. The van der Waals surface area contributed by atoms with Crippen LogP contribution in [-0.4, -0.2) is 75.4 Å². The van der Waals surface area contributed by atoms with Gasteiger partial charge in [0.15, 0.2) is 0 Å². The second kappa shape index (κ2) is 16.3. The van der Waals surface area contributed by atoms with Gasteiger partial charge in [-0.25, -0.2) is 0 Å². The van der Waals surface area contributed by atoms with Crippen LogP contribution < -0.4 is 9.47 Å². The summed E-state index contributed by atoms with van der Waals surface area (Å²) in [5.41, 5.74) is -5.04. The number of amides is 2. The maximum atomic E-state index is 14.9. The third kappa shape index (κ3) is 8.85. The van der Waals surface area contributed by atoms with Gasteiger partial charge in [0.1, 0.15) is 27.9 Å². The molecule has 3 aromatic rings. The molecule has 2 aromatic heterocycles. The highest BCUT2D eigenvalue weighted by Crippen LogP contribution is 2.44. The van der Waals surface area contributed by atoms with Crippen molar-refractivity contribution in [2.75, 3.05) is 26.2 Å². The molecule has 3 atom stereocenters. The van der Waals surface area contributed by atoms with Crippen molar-refractivity contribution in [1.29, 1.82) is 0 Å². The molecule has 2 saturated heterocycles. The van der Waals surface area contributed by atoms with E-state index in [9.17, 15) is 45.8 Å². The van der Waals surface area contributed by atoms with Crippen LogP contribution >= 0.6 is 11.3 Å². The van der Waals surface area contributed by atoms with Crippen LogP contribution in [0.25, 0.3) is 0 Å². The summed E-state index contributed by atoms with van der Waals surface area (Å²) in [6.07, 6.45) is -7.67. The van der Waals surface area contributed by atoms with Crippen molar-refractivity contribution in [3.05, 3.63) is 75.7 Å². The van der Waals surface area contributed by atoms with Crippen molar-refractivity contribution >= 4 is 28.9 Å². The Hall–Kier alpha value is -4.18. The molecule has 294 valence electrons. The van der Waals surface area contributed by atoms with Gasteiger partial charge < -0.3 is 29.2 Å². The topological polar surface area (TPSA) is 109 Å². The monoisotopic (exact) mass is 783 g/mol. The highest BCUT2D eigenvalue weighted by Gasteiger charge is 2.57. The van der Waals surface area contributed by atoms with Gasteiger partial charge in [0.05, 0.1) is 23.8 Å². The van der Waals surface area contributed by atoms with Crippen molar-refractivity contribution in [2.45, 2.75) is 95.3 Å². The molecule has 9 nitrogen and oxygen atoms in total. The van der Waals surface area contributed by atoms with Gasteiger partial charge in [-0.3, -0.25) is 14.6 Å². The lowest BCUT2D eigenvalue weighted by molar-refractivity contribution is -0.163. The quantitative estimate of drug-likeness (QED) is 0.186. The first-order valence-electron chi connectivity index (χ1n) is 17.8. The molecule has 0 spiro atoms. The van der Waals surface area contributed by atoms with E-state index < -0.39 is 57.5 Å². The molecule has 0 radical (unpaired) electrons. The number of hydrogen-bond acceptors (Lipinski definition) is 8. The minimum Gasteiger partial charge on any atom is -0.493 e. The molecule has 2 amide bonds. The van der Waals surface area contributed by atoms with E-state index >= 15 is 0 Å². The number of carbonyl (C=O) groups excluding carboxylic acids is 3. The van der Waals surface area contributed by atoms with E-state index in [1.54, 1.807) is 31.2 Å². The number of hydrogen-bond donors (Lipinski definition) is 1. The molecule has 1 N–H and O–H groups in total. The smallest absolute Gasteiger partial charge is 0.425 e. The number of pyridine rings is 1. The van der Waals surface area contributed by atoms with Crippen LogP contribution in [0.4, 0.5) is 26.3 Å². The van der Waals surface area contributed by atoms with Gasteiger partial charge in [0.2, 0.25) is 5.60 Å². The Morgan fingerprint density at radius 2 is 1.72 bits per heavy atom. The van der Waals surface area contributed by atoms with Gasteiger partial charge in [-0.1, -0.05) is 38.5 Å². The predicted molar refractivity (Wildman–Crippen MR) is 187 cm³/mol. The molecule has 16 heteroatoms. The molecule has 2 aliphatic heterocycles. The molecular formula is C38H43F6N3O6S. The lowest BCUT2D eigenvalue weighted by Gasteiger charge is -2.51. The average Bonchev–Trinajstić information content (AvgIpc) is 3.60. The summed E-state index contributed by atoms with van der Waals surface area (Å²) in [6.45, 7) is 5.27.